The number of nitrogens with one attached hydrogen (secondary N) is 1. The molecule has 0 spiro atoms. The van der Waals surface area contributed by atoms with Gasteiger partial charge in [-0.25, -0.2) is 0 Å². The van der Waals surface area contributed by atoms with Crippen LogP contribution in [-0.4, -0.2) is 97.0 Å². The molecule has 1 N–H and O–H groups in total. The van der Waals surface area contributed by atoms with E-state index in [1.165, 1.54) is 6.42 Å². The number of carbonyl (C=O) groups excluding carboxylic acids is 1. The zero-order valence-corrected chi connectivity index (χ0v) is 18.7. The highest BCUT2D eigenvalue weighted by Gasteiger charge is 2.28. The molecule has 3 atom stereocenters. The van der Waals surface area contributed by atoms with E-state index in [0.29, 0.717) is 29.5 Å². The van der Waals surface area contributed by atoms with Crippen molar-refractivity contribution < 1.29 is 4.79 Å². The van der Waals surface area contributed by atoms with Gasteiger partial charge in [-0.15, -0.1) is 0 Å². The fourth-order valence-corrected chi connectivity index (χ4v) is 4.21. The highest BCUT2D eigenvalue weighted by molar-refractivity contribution is 7.99. The SMILES string of the molecule is CCNC(=NCC(C)SC)N1CCN(CC(=O)N2CC(C)CC(C)C2)CC1. The van der Waals surface area contributed by atoms with Gasteiger partial charge >= 0.3 is 0 Å². The van der Waals surface area contributed by atoms with Gasteiger partial charge in [0.05, 0.1) is 13.1 Å². The third-order valence-corrected chi connectivity index (χ3v) is 6.44. The van der Waals surface area contributed by atoms with E-state index in [1.54, 1.807) is 0 Å². The summed E-state index contributed by atoms with van der Waals surface area (Å²) in [6.45, 7) is 16.7. The van der Waals surface area contributed by atoms with Crippen LogP contribution < -0.4 is 5.32 Å². The molecule has 1 amide bonds. The lowest BCUT2D eigenvalue weighted by atomic mass is 9.92. The minimum atomic E-state index is 0.302. The summed E-state index contributed by atoms with van der Waals surface area (Å²) >= 11 is 1.85. The van der Waals surface area contributed by atoms with E-state index in [4.69, 9.17) is 4.99 Å². The number of hydrogen-bond acceptors (Lipinski definition) is 4. The fraction of sp³-hybridized carbons (Fsp3) is 0.900. The second kappa shape index (κ2) is 11.1. The topological polar surface area (TPSA) is 51.2 Å². The third-order valence-electron chi connectivity index (χ3n) is 5.49. The van der Waals surface area contributed by atoms with Crippen LogP contribution in [0.4, 0.5) is 0 Å². The Balaban J connectivity index is 1.82. The fourth-order valence-electron chi connectivity index (χ4n) is 3.99. The summed E-state index contributed by atoms with van der Waals surface area (Å²) in [5.41, 5.74) is 0. The summed E-state index contributed by atoms with van der Waals surface area (Å²) in [7, 11) is 0. The van der Waals surface area contributed by atoms with E-state index in [0.717, 1.165) is 58.3 Å². The minimum Gasteiger partial charge on any atom is -0.357 e. The monoisotopic (exact) mass is 397 g/mol. The Morgan fingerprint density at radius 3 is 2.33 bits per heavy atom. The molecule has 0 radical (unpaired) electrons. The highest BCUT2D eigenvalue weighted by atomic mass is 32.2. The number of carbonyl (C=O) groups is 1. The lowest BCUT2D eigenvalue weighted by Crippen LogP contribution is -2.55. The molecular weight excluding hydrogens is 358 g/mol. The number of rotatable bonds is 6. The zero-order valence-electron chi connectivity index (χ0n) is 17.9. The van der Waals surface area contributed by atoms with Crippen molar-refractivity contribution >= 4 is 23.6 Å². The first-order valence-electron chi connectivity index (χ1n) is 10.5. The predicted octanol–water partition coefficient (Wildman–Crippen LogP) is 1.83. The average Bonchev–Trinajstić information content (AvgIpc) is 2.64. The standard InChI is InChI=1S/C20H39N5OS/c1-6-21-20(22-12-18(4)27-5)24-9-7-23(8-10-24)15-19(26)25-13-16(2)11-17(3)14-25/h16-18H,6-15H2,1-5H3,(H,21,22). The quantitative estimate of drug-likeness (QED) is 0.547. The summed E-state index contributed by atoms with van der Waals surface area (Å²) in [5.74, 6) is 2.56. The van der Waals surface area contributed by atoms with E-state index in [-0.39, 0.29) is 0 Å². The molecular formula is C20H39N5OS. The van der Waals surface area contributed by atoms with Crippen molar-refractivity contribution in [1.82, 2.24) is 20.0 Å². The molecule has 7 heteroatoms. The summed E-state index contributed by atoms with van der Waals surface area (Å²) in [6.07, 6.45) is 3.37. The van der Waals surface area contributed by atoms with Crippen LogP contribution >= 0.6 is 11.8 Å². The second-order valence-electron chi connectivity index (χ2n) is 8.25. The van der Waals surface area contributed by atoms with Gasteiger partial charge in [0.2, 0.25) is 5.91 Å². The smallest absolute Gasteiger partial charge is 0.236 e. The number of likely N-dealkylation sites (tertiary alicyclic amines) is 1. The Bertz CT molecular complexity index is 483. The van der Waals surface area contributed by atoms with Crippen LogP contribution in [0.1, 0.15) is 34.1 Å². The van der Waals surface area contributed by atoms with Gasteiger partial charge in [0, 0.05) is 51.1 Å². The Morgan fingerprint density at radius 2 is 1.78 bits per heavy atom. The molecule has 0 aromatic carbocycles. The molecule has 2 aliphatic heterocycles. The Morgan fingerprint density at radius 1 is 1.15 bits per heavy atom. The molecule has 6 nitrogen and oxygen atoms in total. The van der Waals surface area contributed by atoms with E-state index in [1.807, 2.05) is 11.8 Å². The maximum absolute atomic E-state index is 12.7. The molecule has 0 aromatic heterocycles. The van der Waals surface area contributed by atoms with E-state index in [9.17, 15) is 4.79 Å². The molecule has 2 aliphatic rings. The number of guanidine groups is 1. The van der Waals surface area contributed by atoms with Crippen LogP contribution in [-0.2, 0) is 4.79 Å². The summed E-state index contributed by atoms with van der Waals surface area (Å²) in [6, 6.07) is 0. The maximum Gasteiger partial charge on any atom is 0.236 e. The van der Waals surface area contributed by atoms with Crippen LogP contribution in [0.25, 0.3) is 0 Å². The number of aliphatic imine (C=N–C) groups is 1. The molecule has 0 aromatic rings. The van der Waals surface area contributed by atoms with E-state index in [2.05, 4.69) is 54.0 Å². The summed E-state index contributed by atoms with van der Waals surface area (Å²) in [4.78, 5) is 24.2. The first kappa shape index (κ1) is 22.3. The van der Waals surface area contributed by atoms with Gasteiger partial charge in [-0.3, -0.25) is 14.7 Å². The first-order chi connectivity index (χ1) is 12.9. The number of thioether (sulfide) groups is 1. The third kappa shape index (κ3) is 7.18. The Kier molecular flexibility index (Phi) is 9.22. The van der Waals surface area contributed by atoms with Crippen molar-refractivity contribution in [2.45, 2.75) is 39.4 Å². The maximum atomic E-state index is 12.7. The second-order valence-corrected chi connectivity index (χ2v) is 9.53. The van der Waals surface area contributed by atoms with Crippen LogP contribution in [0.15, 0.2) is 4.99 Å². The predicted molar refractivity (Wildman–Crippen MR) is 116 cm³/mol. The van der Waals surface area contributed by atoms with Gasteiger partial charge in [0.25, 0.3) is 0 Å². The molecule has 2 saturated heterocycles. The van der Waals surface area contributed by atoms with Crippen molar-refractivity contribution in [2.75, 3.05) is 65.2 Å². The minimum absolute atomic E-state index is 0.302. The molecule has 0 aliphatic carbocycles. The van der Waals surface area contributed by atoms with Crippen LogP contribution in [0.5, 0.6) is 0 Å². The van der Waals surface area contributed by atoms with Crippen LogP contribution in [0, 0.1) is 11.8 Å². The number of piperazine rings is 1. The first-order valence-corrected chi connectivity index (χ1v) is 11.8. The molecule has 0 bridgehead atoms. The largest absolute Gasteiger partial charge is 0.357 e. The van der Waals surface area contributed by atoms with Crippen molar-refractivity contribution in [1.29, 1.82) is 0 Å². The van der Waals surface area contributed by atoms with E-state index >= 15 is 0 Å². The van der Waals surface area contributed by atoms with Gasteiger partial charge < -0.3 is 15.1 Å². The Labute approximate surface area is 170 Å². The van der Waals surface area contributed by atoms with Gasteiger partial charge in [0.1, 0.15) is 0 Å². The summed E-state index contributed by atoms with van der Waals surface area (Å²) < 4.78 is 0. The molecule has 2 rings (SSSR count). The van der Waals surface area contributed by atoms with Gasteiger partial charge in [-0.2, -0.15) is 11.8 Å². The molecule has 3 unspecified atom stereocenters. The molecule has 0 saturated carbocycles. The van der Waals surface area contributed by atoms with Crippen molar-refractivity contribution in [2.24, 2.45) is 16.8 Å². The van der Waals surface area contributed by atoms with Crippen molar-refractivity contribution in [3.8, 4) is 0 Å². The van der Waals surface area contributed by atoms with Crippen molar-refractivity contribution in [3.05, 3.63) is 0 Å². The normalized spacial score (nSPS) is 26.2. The molecule has 156 valence electrons. The number of hydrogen-bond donors (Lipinski definition) is 1. The number of nitrogens with zero attached hydrogens (tertiary/aromatic N) is 4. The van der Waals surface area contributed by atoms with Gasteiger partial charge in [-0.1, -0.05) is 20.8 Å². The van der Waals surface area contributed by atoms with Gasteiger partial charge in [0.15, 0.2) is 5.96 Å². The number of piperidine rings is 1. The molecule has 2 heterocycles. The summed E-state index contributed by atoms with van der Waals surface area (Å²) in [5, 5.41) is 3.96. The van der Waals surface area contributed by atoms with Crippen LogP contribution in [0.2, 0.25) is 0 Å². The average molecular weight is 398 g/mol. The van der Waals surface area contributed by atoms with E-state index < -0.39 is 0 Å². The highest BCUT2D eigenvalue weighted by Crippen LogP contribution is 2.21. The lowest BCUT2D eigenvalue weighted by molar-refractivity contribution is -0.135. The number of amides is 1. The van der Waals surface area contributed by atoms with Crippen molar-refractivity contribution in [3.63, 3.8) is 0 Å². The zero-order chi connectivity index (χ0) is 19.8. The van der Waals surface area contributed by atoms with Crippen LogP contribution in [0.3, 0.4) is 0 Å². The molecule has 2 fully saturated rings. The van der Waals surface area contributed by atoms with Gasteiger partial charge in [-0.05, 0) is 31.4 Å². The molecule has 27 heavy (non-hydrogen) atoms. The Hall–Kier alpha value is -0.950. The lowest BCUT2D eigenvalue weighted by Gasteiger charge is -2.39.